The summed E-state index contributed by atoms with van der Waals surface area (Å²) in [5.41, 5.74) is 0.0113. The van der Waals surface area contributed by atoms with E-state index in [1.54, 1.807) is 31.2 Å². The van der Waals surface area contributed by atoms with Crippen LogP contribution >= 0.6 is 0 Å². The third kappa shape index (κ3) is 3.40. The number of alkyl halides is 2. The summed E-state index contributed by atoms with van der Waals surface area (Å²) in [6.45, 7) is -0.993. The number of carboxylic acids is 1. The van der Waals surface area contributed by atoms with E-state index in [4.69, 9.17) is 0 Å². The molecule has 7 heteroatoms. The first-order valence-corrected chi connectivity index (χ1v) is 7.86. The molecule has 0 spiro atoms. The lowest BCUT2D eigenvalue weighted by atomic mass is 9.99. The quantitative estimate of drug-likeness (QED) is 0.920. The Labute approximate surface area is 142 Å². The Hall–Kier alpha value is -2.70. The maximum Gasteiger partial charge on any atom is 0.387 e. The van der Waals surface area contributed by atoms with Crippen LogP contribution in [0, 0.1) is 11.8 Å². The van der Waals surface area contributed by atoms with E-state index in [-0.39, 0.29) is 30.3 Å². The van der Waals surface area contributed by atoms with Gasteiger partial charge in [-0.15, -0.1) is 0 Å². The lowest BCUT2D eigenvalue weighted by molar-refractivity contribution is -0.142. The van der Waals surface area contributed by atoms with Crippen molar-refractivity contribution < 1.29 is 28.2 Å². The van der Waals surface area contributed by atoms with Crippen LogP contribution in [0.5, 0.6) is 5.75 Å². The van der Waals surface area contributed by atoms with Crippen molar-refractivity contribution in [2.45, 2.75) is 13.5 Å². The van der Waals surface area contributed by atoms with Crippen molar-refractivity contribution in [1.29, 1.82) is 0 Å². The van der Waals surface area contributed by atoms with E-state index in [0.717, 1.165) is 5.39 Å². The van der Waals surface area contributed by atoms with Crippen molar-refractivity contribution >= 4 is 22.6 Å². The summed E-state index contributed by atoms with van der Waals surface area (Å²) in [7, 11) is 0. The Morgan fingerprint density at radius 3 is 2.40 bits per heavy atom. The fourth-order valence-corrected chi connectivity index (χ4v) is 3.20. The SMILES string of the molecule is C[C@@H]1CN(C(=O)c2cc3ccccc3cc2OC(F)F)C[C@H]1C(=O)O. The number of hydrogen-bond donors (Lipinski definition) is 1. The fraction of sp³-hybridized carbons (Fsp3) is 0.333. The lowest BCUT2D eigenvalue weighted by Crippen LogP contribution is -2.30. The number of fused-ring (bicyclic) bond motifs is 1. The summed E-state index contributed by atoms with van der Waals surface area (Å²) in [5.74, 6) is -2.54. The summed E-state index contributed by atoms with van der Waals surface area (Å²) >= 11 is 0. The Balaban J connectivity index is 1.98. The molecule has 1 amide bonds. The minimum absolute atomic E-state index is 0.0113. The fourth-order valence-electron chi connectivity index (χ4n) is 3.20. The minimum atomic E-state index is -3.06. The maximum absolute atomic E-state index is 12.8. The molecule has 5 nitrogen and oxygen atoms in total. The van der Waals surface area contributed by atoms with Gasteiger partial charge in [0.1, 0.15) is 5.75 Å². The highest BCUT2D eigenvalue weighted by Crippen LogP contribution is 2.31. The van der Waals surface area contributed by atoms with E-state index in [1.807, 2.05) is 0 Å². The minimum Gasteiger partial charge on any atom is -0.481 e. The predicted octanol–water partition coefficient (Wildman–Crippen LogP) is 3.23. The molecule has 2 aromatic carbocycles. The van der Waals surface area contributed by atoms with Crippen molar-refractivity contribution in [3.63, 3.8) is 0 Å². The van der Waals surface area contributed by atoms with Gasteiger partial charge < -0.3 is 14.7 Å². The van der Waals surface area contributed by atoms with Gasteiger partial charge in [0, 0.05) is 13.1 Å². The van der Waals surface area contributed by atoms with E-state index in [9.17, 15) is 23.5 Å². The van der Waals surface area contributed by atoms with Gasteiger partial charge in [-0.25, -0.2) is 0 Å². The number of carbonyl (C=O) groups is 2. The van der Waals surface area contributed by atoms with E-state index in [2.05, 4.69) is 4.74 Å². The second kappa shape index (κ2) is 6.66. The molecule has 2 aromatic rings. The van der Waals surface area contributed by atoms with Crippen LogP contribution in [0.25, 0.3) is 10.8 Å². The Bertz CT molecular complexity index is 824. The van der Waals surface area contributed by atoms with Crippen molar-refractivity contribution in [3.8, 4) is 5.75 Å². The summed E-state index contributed by atoms with van der Waals surface area (Å²) in [5, 5.41) is 10.6. The van der Waals surface area contributed by atoms with Crippen molar-refractivity contribution in [1.82, 2.24) is 4.90 Å². The lowest BCUT2D eigenvalue weighted by Gasteiger charge is -2.19. The Kier molecular flexibility index (Phi) is 4.57. The zero-order valence-corrected chi connectivity index (χ0v) is 13.5. The molecule has 1 saturated heterocycles. The average Bonchev–Trinajstić information content (AvgIpc) is 2.95. The number of aliphatic carboxylic acids is 1. The molecule has 0 saturated carbocycles. The van der Waals surface area contributed by atoms with Crippen molar-refractivity contribution in [3.05, 3.63) is 42.0 Å². The van der Waals surface area contributed by atoms with Crippen LogP contribution in [-0.2, 0) is 4.79 Å². The molecule has 0 unspecified atom stereocenters. The number of halogens is 2. The topological polar surface area (TPSA) is 66.8 Å². The summed E-state index contributed by atoms with van der Waals surface area (Å²) < 4.78 is 30.0. The molecule has 1 N–H and O–H groups in total. The predicted molar refractivity (Wildman–Crippen MR) is 86.8 cm³/mol. The number of rotatable bonds is 4. The molecular weight excluding hydrogens is 332 g/mol. The van der Waals surface area contributed by atoms with Crippen LogP contribution in [0.15, 0.2) is 36.4 Å². The number of carboxylic acid groups (broad SMARTS) is 1. The number of carbonyl (C=O) groups excluding carboxylic acids is 1. The van der Waals surface area contributed by atoms with Gasteiger partial charge in [-0.3, -0.25) is 9.59 Å². The first kappa shape index (κ1) is 17.1. The highest BCUT2D eigenvalue weighted by atomic mass is 19.3. The van der Waals surface area contributed by atoms with E-state index in [0.29, 0.717) is 5.39 Å². The zero-order valence-electron chi connectivity index (χ0n) is 13.5. The summed E-state index contributed by atoms with van der Waals surface area (Å²) in [6, 6.07) is 9.96. The molecule has 1 aliphatic rings. The van der Waals surface area contributed by atoms with Gasteiger partial charge in [0.05, 0.1) is 11.5 Å². The molecule has 0 aliphatic carbocycles. The second-order valence-corrected chi connectivity index (χ2v) is 6.21. The first-order chi connectivity index (χ1) is 11.9. The van der Waals surface area contributed by atoms with Crippen LogP contribution < -0.4 is 4.74 Å². The number of likely N-dealkylation sites (tertiary alicyclic amines) is 1. The van der Waals surface area contributed by atoms with Gasteiger partial charge in [0.15, 0.2) is 0 Å². The maximum atomic E-state index is 12.8. The average molecular weight is 349 g/mol. The van der Waals surface area contributed by atoms with E-state index in [1.165, 1.54) is 17.0 Å². The van der Waals surface area contributed by atoms with Gasteiger partial charge in [-0.2, -0.15) is 8.78 Å². The molecule has 1 fully saturated rings. The van der Waals surface area contributed by atoms with E-state index < -0.39 is 24.4 Å². The third-order valence-electron chi connectivity index (χ3n) is 4.51. The highest BCUT2D eigenvalue weighted by Gasteiger charge is 2.38. The summed E-state index contributed by atoms with van der Waals surface area (Å²) in [6.07, 6.45) is 0. The van der Waals surface area contributed by atoms with Crippen LogP contribution in [-0.4, -0.2) is 41.6 Å². The van der Waals surface area contributed by atoms with Gasteiger partial charge in [-0.1, -0.05) is 31.2 Å². The smallest absolute Gasteiger partial charge is 0.387 e. The van der Waals surface area contributed by atoms with Gasteiger partial charge >= 0.3 is 12.6 Å². The first-order valence-electron chi connectivity index (χ1n) is 7.86. The number of benzene rings is 2. The number of amides is 1. The highest BCUT2D eigenvalue weighted by molar-refractivity contribution is 6.02. The van der Waals surface area contributed by atoms with Crippen molar-refractivity contribution in [2.75, 3.05) is 13.1 Å². The Morgan fingerprint density at radius 2 is 1.84 bits per heavy atom. The largest absolute Gasteiger partial charge is 0.481 e. The molecule has 2 atom stereocenters. The van der Waals surface area contributed by atoms with Crippen LogP contribution in [0.3, 0.4) is 0 Å². The van der Waals surface area contributed by atoms with Crippen LogP contribution in [0.2, 0.25) is 0 Å². The van der Waals surface area contributed by atoms with Crippen molar-refractivity contribution in [2.24, 2.45) is 11.8 Å². The standard InChI is InChI=1S/C18H17F2NO4/c1-10-8-21(9-14(10)17(23)24)16(22)13-6-11-4-2-3-5-12(11)7-15(13)25-18(19)20/h2-7,10,14,18H,8-9H2,1H3,(H,23,24)/t10-,14-/m1/s1. The van der Waals surface area contributed by atoms with Crippen LogP contribution in [0.1, 0.15) is 17.3 Å². The molecule has 1 aliphatic heterocycles. The molecule has 0 aromatic heterocycles. The molecule has 3 rings (SSSR count). The number of hydrogen-bond acceptors (Lipinski definition) is 3. The number of ether oxygens (including phenoxy) is 1. The molecule has 0 radical (unpaired) electrons. The number of nitrogens with zero attached hydrogens (tertiary/aromatic N) is 1. The van der Waals surface area contributed by atoms with Gasteiger partial charge in [0.25, 0.3) is 5.91 Å². The molecule has 0 bridgehead atoms. The second-order valence-electron chi connectivity index (χ2n) is 6.21. The molecular formula is C18H17F2NO4. The zero-order chi connectivity index (χ0) is 18.1. The van der Waals surface area contributed by atoms with Crippen LogP contribution in [0.4, 0.5) is 8.78 Å². The van der Waals surface area contributed by atoms with Gasteiger partial charge in [-0.05, 0) is 28.8 Å². The molecule has 1 heterocycles. The molecule has 25 heavy (non-hydrogen) atoms. The Morgan fingerprint density at radius 1 is 1.20 bits per heavy atom. The van der Waals surface area contributed by atoms with Gasteiger partial charge in [0.2, 0.25) is 0 Å². The monoisotopic (exact) mass is 349 g/mol. The third-order valence-corrected chi connectivity index (χ3v) is 4.51. The molecule has 132 valence electrons. The van der Waals surface area contributed by atoms with E-state index >= 15 is 0 Å². The normalized spacial score (nSPS) is 20.2. The summed E-state index contributed by atoms with van der Waals surface area (Å²) in [4.78, 5) is 25.4.